The minimum atomic E-state index is 0.461. The fourth-order valence-corrected chi connectivity index (χ4v) is 3.42. The van der Waals surface area contributed by atoms with Gasteiger partial charge in [0.15, 0.2) is 0 Å². The van der Waals surface area contributed by atoms with Gasteiger partial charge in [-0.05, 0) is 48.6 Å². The Morgan fingerprint density at radius 1 is 1.12 bits per heavy atom. The number of rotatable bonds is 5. The van der Waals surface area contributed by atoms with Gasteiger partial charge < -0.3 is 11.1 Å². The molecule has 94 valence electrons. The molecule has 2 aliphatic rings. The molecular weight excluding hydrogens is 196 g/mol. The molecule has 2 rings (SSSR count). The van der Waals surface area contributed by atoms with Crippen molar-refractivity contribution in [1.29, 1.82) is 0 Å². The third-order valence-corrected chi connectivity index (χ3v) is 5.87. The van der Waals surface area contributed by atoms with Gasteiger partial charge in [-0.2, -0.15) is 0 Å². The molecule has 0 atom stereocenters. The van der Waals surface area contributed by atoms with Crippen molar-refractivity contribution in [1.82, 2.24) is 5.32 Å². The fraction of sp³-hybridized carbons (Fsp3) is 1.00. The molecule has 0 saturated heterocycles. The Bertz CT molecular complexity index is 244. The molecule has 16 heavy (non-hydrogen) atoms. The maximum absolute atomic E-state index is 5.88. The number of nitrogens with two attached hydrogens (primary N) is 1. The van der Waals surface area contributed by atoms with Gasteiger partial charge in [0.05, 0.1) is 0 Å². The maximum Gasteiger partial charge on any atom is 0.0181 e. The smallest absolute Gasteiger partial charge is 0.0181 e. The van der Waals surface area contributed by atoms with Gasteiger partial charge in [-0.25, -0.2) is 0 Å². The first-order valence-electron chi connectivity index (χ1n) is 6.79. The first kappa shape index (κ1) is 12.4. The Hall–Kier alpha value is -0.0800. The first-order chi connectivity index (χ1) is 7.36. The molecule has 0 unspecified atom stereocenters. The standard InChI is InChI=1S/C14H28N2/c1-12(2)11(13(12,3)4)16-9-8-14(10-15)6-5-7-14/h11,16H,5-10,15H2,1-4H3. The summed E-state index contributed by atoms with van der Waals surface area (Å²) in [5.41, 5.74) is 7.30. The van der Waals surface area contributed by atoms with Gasteiger partial charge in [0.25, 0.3) is 0 Å². The zero-order chi connectivity index (χ0) is 12.0. The average molecular weight is 224 g/mol. The van der Waals surface area contributed by atoms with Crippen LogP contribution in [0.3, 0.4) is 0 Å². The second-order valence-corrected chi connectivity index (χ2v) is 7.14. The van der Waals surface area contributed by atoms with Crippen molar-refractivity contribution in [2.75, 3.05) is 13.1 Å². The average Bonchev–Trinajstić information content (AvgIpc) is 2.51. The molecule has 0 heterocycles. The molecule has 0 bridgehead atoms. The highest BCUT2D eigenvalue weighted by Crippen LogP contribution is 2.62. The van der Waals surface area contributed by atoms with E-state index in [-0.39, 0.29) is 0 Å². The molecule has 2 aliphatic carbocycles. The third-order valence-electron chi connectivity index (χ3n) is 5.87. The van der Waals surface area contributed by atoms with Crippen LogP contribution in [0, 0.1) is 16.2 Å². The molecular formula is C14H28N2. The fourth-order valence-electron chi connectivity index (χ4n) is 3.42. The summed E-state index contributed by atoms with van der Waals surface area (Å²) in [6, 6.07) is 0.690. The topological polar surface area (TPSA) is 38.0 Å². The van der Waals surface area contributed by atoms with Crippen molar-refractivity contribution in [2.24, 2.45) is 22.0 Å². The number of hydrogen-bond donors (Lipinski definition) is 2. The van der Waals surface area contributed by atoms with Crippen molar-refractivity contribution >= 4 is 0 Å². The van der Waals surface area contributed by atoms with E-state index in [1.54, 1.807) is 0 Å². The zero-order valence-electron chi connectivity index (χ0n) is 11.4. The molecule has 0 amide bonds. The lowest BCUT2D eigenvalue weighted by atomic mass is 9.67. The van der Waals surface area contributed by atoms with Gasteiger partial charge in [-0.15, -0.1) is 0 Å². The van der Waals surface area contributed by atoms with Crippen LogP contribution in [0.15, 0.2) is 0 Å². The summed E-state index contributed by atoms with van der Waals surface area (Å²) in [6.45, 7) is 11.5. The van der Waals surface area contributed by atoms with E-state index in [9.17, 15) is 0 Å². The van der Waals surface area contributed by atoms with Gasteiger partial charge in [0.1, 0.15) is 0 Å². The van der Waals surface area contributed by atoms with Gasteiger partial charge in [-0.3, -0.25) is 0 Å². The molecule has 0 aliphatic heterocycles. The van der Waals surface area contributed by atoms with Crippen LogP contribution in [0.1, 0.15) is 53.4 Å². The highest BCUT2D eigenvalue weighted by Gasteiger charge is 2.64. The van der Waals surface area contributed by atoms with Crippen LogP contribution in [0.5, 0.6) is 0 Å². The van der Waals surface area contributed by atoms with E-state index in [4.69, 9.17) is 5.73 Å². The molecule has 0 aromatic heterocycles. The van der Waals surface area contributed by atoms with Crippen molar-refractivity contribution in [3.8, 4) is 0 Å². The van der Waals surface area contributed by atoms with Crippen molar-refractivity contribution in [3.63, 3.8) is 0 Å². The van der Waals surface area contributed by atoms with Crippen molar-refractivity contribution < 1.29 is 0 Å². The SMILES string of the molecule is CC1(C)C(NCCC2(CN)CCC2)C1(C)C. The molecule has 2 fully saturated rings. The van der Waals surface area contributed by atoms with Crippen LogP contribution in [-0.4, -0.2) is 19.1 Å². The van der Waals surface area contributed by atoms with Crippen LogP contribution in [-0.2, 0) is 0 Å². The Morgan fingerprint density at radius 2 is 1.69 bits per heavy atom. The summed E-state index contributed by atoms with van der Waals surface area (Å²) >= 11 is 0. The lowest BCUT2D eigenvalue weighted by Crippen LogP contribution is -2.40. The van der Waals surface area contributed by atoms with E-state index in [0.717, 1.165) is 13.1 Å². The van der Waals surface area contributed by atoms with Crippen LogP contribution in [0.25, 0.3) is 0 Å². The van der Waals surface area contributed by atoms with Gasteiger partial charge in [0.2, 0.25) is 0 Å². The summed E-state index contributed by atoms with van der Waals surface area (Å²) in [6.07, 6.45) is 5.36. The van der Waals surface area contributed by atoms with Gasteiger partial charge in [0, 0.05) is 6.04 Å². The molecule has 0 spiro atoms. The van der Waals surface area contributed by atoms with E-state index >= 15 is 0 Å². The van der Waals surface area contributed by atoms with E-state index < -0.39 is 0 Å². The van der Waals surface area contributed by atoms with E-state index in [1.807, 2.05) is 0 Å². The quantitative estimate of drug-likeness (QED) is 0.753. The van der Waals surface area contributed by atoms with Crippen molar-refractivity contribution in [3.05, 3.63) is 0 Å². The van der Waals surface area contributed by atoms with E-state index in [1.165, 1.54) is 25.7 Å². The normalized spacial score (nSPS) is 29.8. The molecule has 0 aromatic rings. The lowest BCUT2D eigenvalue weighted by molar-refractivity contribution is 0.129. The van der Waals surface area contributed by atoms with E-state index in [0.29, 0.717) is 22.3 Å². The summed E-state index contributed by atoms with van der Waals surface area (Å²) in [5, 5.41) is 3.74. The maximum atomic E-state index is 5.88. The highest BCUT2D eigenvalue weighted by molar-refractivity contribution is 5.17. The summed E-state index contributed by atoms with van der Waals surface area (Å²) in [5.74, 6) is 0. The second-order valence-electron chi connectivity index (χ2n) is 7.14. The molecule has 3 N–H and O–H groups in total. The monoisotopic (exact) mass is 224 g/mol. The third kappa shape index (κ3) is 1.70. The van der Waals surface area contributed by atoms with E-state index in [2.05, 4.69) is 33.0 Å². The van der Waals surface area contributed by atoms with Crippen LogP contribution in [0.2, 0.25) is 0 Å². The Kier molecular flexibility index (Phi) is 2.87. The predicted molar refractivity (Wildman–Crippen MR) is 69.3 cm³/mol. The molecule has 0 aromatic carbocycles. The number of hydrogen-bond acceptors (Lipinski definition) is 2. The first-order valence-corrected chi connectivity index (χ1v) is 6.79. The Labute approximate surface area is 100 Å². The highest BCUT2D eigenvalue weighted by atomic mass is 15.0. The zero-order valence-corrected chi connectivity index (χ0v) is 11.4. The molecule has 2 nitrogen and oxygen atoms in total. The minimum absolute atomic E-state index is 0.461. The largest absolute Gasteiger partial charge is 0.330 e. The van der Waals surface area contributed by atoms with Gasteiger partial charge >= 0.3 is 0 Å². The summed E-state index contributed by atoms with van der Waals surface area (Å²) < 4.78 is 0. The Balaban J connectivity index is 1.74. The Morgan fingerprint density at radius 3 is 2.00 bits per heavy atom. The van der Waals surface area contributed by atoms with Crippen LogP contribution >= 0.6 is 0 Å². The van der Waals surface area contributed by atoms with Crippen LogP contribution < -0.4 is 11.1 Å². The molecule has 2 heteroatoms. The predicted octanol–water partition coefficient (Wildman–Crippen LogP) is 2.53. The summed E-state index contributed by atoms with van der Waals surface area (Å²) in [7, 11) is 0. The lowest BCUT2D eigenvalue weighted by Gasteiger charge is -2.41. The van der Waals surface area contributed by atoms with Crippen LogP contribution in [0.4, 0.5) is 0 Å². The summed E-state index contributed by atoms with van der Waals surface area (Å²) in [4.78, 5) is 0. The molecule has 0 radical (unpaired) electrons. The van der Waals surface area contributed by atoms with Gasteiger partial charge in [-0.1, -0.05) is 34.1 Å². The minimum Gasteiger partial charge on any atom is -0.330 e. The van der Waals surface area contributed by atoms with Crippen molar-refractivity contribution in [2.45, 2.75) is 59.4 Å². The second kappa shape index (κ2) is 3.71. The number of nitrogens with one attached hydrogen (secondary N) is 1. The molecule has 2 saturated carbocycles.